The quantitative estimate of drug-likeness (QED) is 0.185. The first kappa shape index (κ1) is 27.1. The molecule has 0 heterocycles. The van der Waals surface area contributed by atoms with Crippen molar-refractivity contribution >= 4 is 11.4 Å². The van der Waals surface area contributed by atoms with Crippen molar-refractivity contribution in [2.75, 3.05) is 11.9 Å². The molecule has 6 rings (SSSR count). The van der Waals surface area contributed by atoms with E-state index in [9.17, 15) is 0 Å². The molecule has 0 aromatic heterocycles. The summed E-state index contributed by atoms with van der Waals surface area (Å²) in [4.78, 5) is 2.19. The van der Waals surface area contributed by atoms with Crippen LogP contribution in [0, 0.1) is 6.92 Å². The number of hydrogen-bond acceptors (Lipinski definition) is 1. The maximum absolute atomic E-state index is 4.52. The molecule has 0 unspecified atom stereocenters. The molecule has 0 saturated heterocycles. The Hall–Kier alpha value is -5.14. The number of rotatable bonds is 8. The van der Waals surface area contributed by atoms with Gasteiger partial charge in [-0.3, -0.25) is 0 Å². The van der Waals surface area contributed by atoms with Gasteiger partial charge < -0.3 is 4.90 Å². The van der Waals surface area contributed by atoms with Gasteiger partial charge in [0.1, 0.15) is 0 Å². The Morgan fingerprint density at radius 3 is 1.71 bits per heavy atom. The van der Waals surface area contributed by atoms with Gasteiger partial charge in [0.05, 0.1) is 0 Å². The van der Waals surface area contributed by atoms with Crippen LogP contribution in [0.3, 0.4) is 0 Å². The van der Waals surface area contributed by atoms with Crippen molar-refractivity contribution in [1.29, 1.82) is 0 Å². The van der Waals surface area contributed by atoms with Crippen molar-refractivity contribution in [2.45, 2.75) is 13.3 Å². The molecule has 1 heteroatoms. The summed E-state index contributed by atoms with van der Waals surface area (Å²) in [5.74, 6) is 0. The van der Waals surface area contributed by atoms with Gasteiger partial charge in [-0.25, -0.2) is 0 Å². The SMILES string of the molecule is C=C(c1ccccc1-c1ccccc1C)N(C)c1cccc(-c2ccc(Cc3ccc(-c4ccccc4)cc3)cc2)c1. The van der Waals surface area contributed by atoms with E-state index in [0.29, 0.717) is 0 Å². The van der Waals surface area contributed by atoms with Gasteiger partial charge in [0, 0.05) is 24.0 Å². The second kappa shape index (κ2) is 12.2. The minimum absolute atomic E-state index is 0.915. The fourth-order valence-corrected chi connectivity index (χ4v) is 5.57. The van der Waals surface area contributed by atoms with E-state index in [2.05, 4.69) is 177 Å². The molecule has 0 aliphatic carbocycles. The van der Waals surface area contributed by atoms with Gasteiger partial charge >= 0.3 is 0 Å². The third-order valence-electron chi connectivity index (χ3n) is 8.07. The first-order chi connectivity index (χ1) is 20.6. The second-order valence-corrected chi connectivity index (χ2v) is 10.9. The van der Waals surface area contributed by atoms with E-state index < -0.39 is 0 Å². The average Bonchev–Trinajstić information content (AvgIpc) is 3.05. The van der Waals surface area contributed by atoms with Gasteiger partial charge in [0.2, 0.25) is 0 Å². The van der Waals surface area contributed by atoms with Gasteiger partial charge in [0.15, 0.2) is 0 Å². The van der Waals surface area contributed by atoms with Crippen LogP contribution in [0.15, 0.2) is 158 Å². The van der Waals surface area contributed by atoms with E-state index in [1.54, 1.807) is 0 Å². The normalized spacial score (nSPS) is 10.8. The van der Waals surface area contributed by atoms with Crippen LogP contribution in [0.4, 0.5) is 5.69 Å². The Kier molecular flexibility index (Phi) is 7.83. The van der Waals surface area contributed by atoms with E-state index in [0.717, 1.165) is 23.4 Å². The molecule has 0 aliphatic heterocycles. The van der Waals surface area contributed by atoms with Crippen molar-refractivity contribution in [3.05, 3.63) is 180 Å². The van der Waals surface area contributed by atoms with E-state index in [4.69, 9.17) is 0 Å². The highest BCUT2D eigenvalue weighted by molar-refractivity contribution is 5.88. The summed E-state index contributed by atoms with van der Waals surface area (Å²) in [6, 6.07) is 54.2. The Balaban J connectivity index is 1.18. The lowest BCUT2D eigenvalue weighted by atomic mass is 9.94. The molecule has 0 fully saturated rings. The van der Waals surface area contributed by atoms with Crippen molar-refractivity contribution in [3.63, 3.8) is 0 Å². The van der Waals surface area contributed by atoms with Gasteiger partial charge in [-0.05, 0) is 75.5 Å². The number of benzene rings is 6. The predicted molar refractivity (Wildman–Crippen MR) is 181 cm³/mol. The fraction of sp³-hybridized carbons (Fsp3) is 0.0732. The monoisotopic (exact) mass is 541 g/mol. The Morgan fingerprint density at radius 2 is 1.05 bits per heavy atom. The molecule has 0 aliphatic rings. The molecular weight excluding hydrogens is 506 g/mol. The van der Waals surface area contributed by atoms with Crippen LogP contribution in [0.1, 0.15) is 22.3 Å². The lowest BCUT2D eigenvalue weighted by Gasteiger charge is -2.25. The maximum Gasteiger partial charge on any atom is 0.0414 e. The topological polar surface area (TPSA) is 3.24 Å². The van der Waals surface area contributed by atoms with Gasteiger partial charge in [-0.1, -0.05) is 146 Å². The largest absolute Gasteiger partial charge is 0.345 e. The zero-order valence-corrected chi connectivity index (χ0v) is 24.3. The van der Waals surface area contributed by atoms with Crippen LogP contribution in [0.2, 0.25) is 0 Å². The summed E-state index contributed by atoms with van der Waals surface area (Å²) >= 11 is 0. The third-order valence-corrected chi connectivity index (χ3v) is 8.07. The molecule has 0 amide bonds. The molecule has 0 N–H and O–H groups in total. The van der Waals surface area contributed by atoms with Crippen LogP contribution in [0.25, 0.3) is 39.1 Å². The van der Waals surface area contributed by atoms with E-state index >= 15 is 0 Å². The van der Waals surface area contributed by atoms with Crippen molar-refractivity contribution in [3.8, 4) is 33.4 Å². The molecule has 1 nitrogen and oxygen atoms in total. The molecule has 0 saturated carbocycles. The van der Waals surface area contributed by atoms with Crippen LogP contribution >= 0.6 is 0 Å². The van der Waals surface area contributed by atoms with Crippen LogP contribution in [0.5, 0.6) is 0 Å². The first-order valence-electron chi connectivity index (χ1n) is 14.5. The highest BCUT2D eigenvalue weighted by atomic mass is 15.1. The summed E-state index contributed by atoms with van der Waals surface area (Å²) in [5, 5.41) is 0. The summed E-state index contributed by atoms with van der Waals surface area (Å²) < 4.78 is 0. The van der Waals surface area contributed by atoms with Gasteiger partial charge in [-0.15, -0.1) is 0 Å². The van der Waals surface area contributed by atoms with E-state index in [1.807, 2.05) is 0 Å². The van der Waals surface area contributed by atoms with Crippen LogP contribution in [-0.2, 0) is 6.42 Å². The minimum Gasteiger partial charge on any atom is -0.345 e. The average molecular weight is 542 g/mol. The fourth-order valence-electron chi connectivity index (χ4n) is 5.57. The van der Waals surface area contributed by atoms with Gasteiger partial charge in [-0.2, -0.15) is 0 Å². The molecule has 6 aromatic rings. The summed E-state index contributed by atoms with van der Waals surface area (Å²) in [6.07, 6.45) is 0.915. The molecule has 6 aromatic carbocycles. The second-order valence-electron chi connectivity index (χ2n) is 10.9. The lowest BCUT2D eigenvalue weighted by Crippen LogP contribution is -2.15. The highest BCUT2D eigenvalue weighted by Crippen LogP contribution is 2.34. The summed E-state index contributed by atoms with van der Waals surface area (Å²) in [5.41, 5.74) is 14.4. The third kappa shape index (κ3) is 5.82. The van der Waals surface area contributed by atoms with Gasteiger partial charge in [0.25, 0.3) is 0 Å². The molecule has 0 atom stereocenters. The molecule has 0 bridgehead atoms. The van der Waals surface area contributed by atoms with E-state index in [-0.39, 0.29) is 0 Å². The minimum atomic E-state index is 0.915. The number of anilines is 1. The number of hydrogen-bond donors (Lipinski definition) is 0. The molecule has 0 radical (unpaired) electrons. The van der Waals surface area contributed by atoms with Crippen LogP contribution in [-0.4, -0.2) is 7.05 Å². The van der Waals surface area contributed by atoms with Crippen molar-refractivity contribution < 1.29 is 0 Å². The van der Waals surface area contributed by atoms with Crippen LogP contribution < -0.4 is 4.90 Å². The number of nitrogens with zero attached hydrogens (tertiary/aromatic N) is 1. The highest BCUT2D eigenvalue weighted by Gasteiger charge is 2.14. The zero-order chi connectivity index (χ0) is 28.9. The summed E-state index contributed by atoms with van der Waals surface area (Å²) in [6.45, 7) is 6.68. The maximum atomic E-state index is 4.52. The Morgan fingerprint density at radius 1 is 0.524 bits per heavy atom. The molecule has 0 spiro atoms. The first-order valence-corrected chi connectivity index (χ1v) is 14.5. The molecule has 204 valence electrons. The van der Waals surface area contributed by atoms with Crippen molar-refractivity contribution in [2.24, 2.45) is 0 Å². The Bertz CT molecular complexity index is 1810. The van der Waals surface area contributed by atoms with E-state index in [1.165, 1.54) is 50.1 Å². The smallest absolute Gasteiger partial charge is 0.0414 e. The standard InChI is InChI=1S/C41H35N/c1-30-12-7-8-17-39(30)41-19-10-9-18-40(41)31(2)42(3)38-16-11-15-37(29-38)36-26-22-33(23-27-36)28-32-20-24-35(25-21-32)34-13-5-4-6-14-34/h4-27,29H,2,28H2,1,3H3. The Labute approximate surface area is 250 Å². The summed E-state index contributed by atoms with van der Waals surface area (Å²) in [7, 11) is 2.10. The van der Waals surface area contributed by atoms with Crippen molar-refractivity contribution in [1.82, 2.24) is 0 Å². The number of aryl methyl sites for hydroxylation is 1. The molecule has 42 heavy (non-hydrogen) atoms. The molecular formula is C41H35N. The predicted octanol–water partition coefficient (Wildman–Crippen LogP) is 10.7. The zero-order valence-electron chi connectivity index (χ0n) is 24.3. The lowest BCUT2D eigenvalue weighted by molar-refractivity contribution is 1.19.